The summed E-state index contributed by atoms with van der Waals surface area (Å²) in [4.78, 5) is 15.5. The van der Waals surface area contributed by atoms with Crippen LogP contribution in [0.4, 0.5) is 11.4 Å². The Bertz CT molecular complexity index is 996. The SMILES string of the molecule is COc1ccc(-c2noc(-c3ccc(NCC4CCCO4)c([N+](=O)[O-])c3)n2)cc1. The quantitative estimate of drug-likeness (QED) is 0.472. The van der Waals surface area contributed by atoms with E-state index in [-0.39, 0.29) is 17.7 Å². The number of nitrogens with one attached hydrogen (secondary N) is 1. The molecule has 2 aromatic carbocycles. The van der Waals surface area contributed by atoms with E-state index in [4.69, 9.17) is 14.0 Å². The van der Waals surface area contributed by atoms with Gasteiger partial charge in [0.1, 0.15) is 11.4 Å². The van der Waals surface area contributed by atoms with Crippen molar-refractivity contribution in [3.05, 3.63) is 52.6 Å². The standard InChI is InChI=1S/C20H20N4O5/c1-27-15-7-4-13(5-8-15)19-22-20(29-23-19)14-6-9-17(18(11-14)24(25)26)21-12-16-3-2-10-28-16/h4-9,11,16,21H,2-3,10,12H2,1H3. The lowest BCUT2D eigenvalue weighted by molar-refractivity contribution is -0.383. The molecule has 0 aliphatic carbocycles. The Morgan fingerprint density at radius 1 is 1.24 bits per heavy atom. The van der Waals surface area contributed by atoms with E-state index in [1.165, 1.54) is 6.07 Å². The number of anilines is 1. The monoisotopic (exact) mass is 396 g/mol. The second kappa shape index (κ2) is 8.27. The van der Waals surface area contributed by atoms with Crippen LogP contribution in [0.2, 0.25) is 0 Å². The van der Waals surface area contributed by atoms with Crippen molar-refractivity contribution in [2.45, 2.75) is 18.9 Å². The predicted molar refractivity (Wildman–Crippen MR) is 106 cm³/mol. The molecular formula is C20H20N4O5. The average Bonchev–Trinajstić information content (AvgIpc) is 3.44. The van der Waals surface area contributed by atoms with Gasteiger partial charge in [-0.05, 0) is 49.2 Å². The topological polar surface area (TPSA) is 113 Å². The zero-order valence-corrected chi connectivity index (χ0v) is 15.8. The van der Waals surface area contributed by atoms with Crippen LogP contribution in [-0.4, -0.2) is 41.4 Å². The van der Waals surface area contributed by atoms with E-state index in [0.29, 0.717) is 23.6 Å². The van der Waals surface area contributed by atoms with Crippen molar-refractivity contribution in [3.8, 4) is 28.6 Å². The summed E-state index contributed by atoms with van der Waals surface area (Å²) in [5.74, 6) is 1.33. The van der Waals surface area contributed by atoms with E-state index in [9.17, 15) is 10.1 Å². The molecule has 9 heteroatoms. The highest BCUT2D eigenvalue weighted by Crippen LogP contribution is 2.31. The minimum Gasteiger partial charge on any atom is -0.497 e. The van der Waals surface area contributed by atoms with Crippen molar-refractivity contribution >= 4 is 11.4 Å². The lowest BCUT2D eigenvalue weighted by Crippen LogP contribution is -2.18. The number of aromatic nitrogens is 2. The van der Waals surface area contributed by atoms with Crippen LogP contribution in [0.15, 0.2) is 47.0 Å². The van der Waals surface area contributed by atoms with Crippen LogP contribution in [0.5, 0.6) is 5.75 Å². The highest BCUT2D eigenvalue weighted by Gasteiger charge is 2.21. The van der Waals surface area contributed by atoms with Gasteiger partial charge in [0.25, 0.3) is 11.6 Å². The summed E-state index contributed by atoms with van der Waals surface area (Å²) in [6.07, 6.45) is 2.05. The van der Waals surface area contributed by atoms with E-state index in [1.807, 2.05) is 12.1 Å². The first-order valence-electron chi connectivity index (χ1n) is 9.26. The van der Waals surface area contributed by atoms with Crippen molar-refractivity contribution in [1.29, 1.82) is 0 Å². The van der Waals surface area contributed by atoms with Crippen LogP contribution in [-0.2, 0) is 4.74 Å². The smallest absolute Gasteiger partial charge is 0.293 e. The second-order valence-corrected chi connectivity index (χ2v) is 6.66. The molecule has 0 amide bonds. The zero-order chi connectivity index (χ0) is 20.2. The molecule has 9 nitrogen and oxygen atoms in total. The van der Waals surface area contributed by atoms with Crippen molar-refractivity contribution in [2.75, 3.05) is 25.6 Å². The lowest BCUT2D eigenvalue weighted by atomic mass is 10.1. The maximum absolute atomic E-state index is 11.5. The van der Waals surface area contributed by atoms with E-state index in [2.05, 4.69) is 15.5 Å². The number of hydrogen-bond acceptors (Lipinski definition) is 8. The van der Waals surface area contributed by atoms with Gasteiger partial charge >= 0.3 is 0 Å². The van der Waals surface area contributed by atoms with E-state index < -0.39 is 4.92 Å². The van der Waals surface area contributed by atoms with Gasteiger partial charge in [-0.1, -0.05) is 5.16 Å². The molecule has 1 aromatic heterocycles. The van der Waals surface area contributed by atoms with Crippen LogP contribution < -0.4 is 10.1 Å². The van der Waals surface area contributed by atoms with Crippen LogP contribution in [0.1, 0.15) is 12.8 Å². The van der Waals surface area contributed by atoms with Crippen LogP contribution in [0.25, 0.3) is 22.8 Å². The summed E-state index contributed by atoms with van der Waals surface area (Å²) >= 11 is 0. The van der Waals surface area contributed by atoms with E-state index in [1.54, 1.807) is 31.4 Å². The fourth-order valence-corrected chi connectivity index (χ4v) is 3.19. The molecule has 0 spiro atoms. The molecule has 150 valence electrons. The number of nitrogens with zero attached hydrogens (tertiary/aromatic N) is 3. The van der Waals surface area contributed by atoms with Gasteiger partial charge in [-0.2, -0.15) is 4.98 Å². The molecule has 1 aliphatic heterocycles. The van der Waals surface area contributed by atoms with Crippen molar-refractivity contribution < 1.29 is 18.9 Å². The number of nitro groups is 1. The summed E-state index contributed by atoms with van der Waals surface area (Å²) in [7, 11) is 1.59. The van der Waals surface area contributed by atoms with Crippen molar-refractivity contribution in [3.63, 3.8) is 0 Å². The molecule has 0 radical (unpaired) electrons. The van der Waals surface area contributed by atoms with Crippen molar-refractivity contribution in [1.82, 2.24) is 10.1 Å². The Balaban J connectivity index is 1.55. The normalized spacial score (nSPS) is 16.0. The molecule has 0 saturated carbocycles. The summed E-state index contributed by atoms with van der Waals surface area (Å²) in [6.45, 7) is 1.27. The van der Waals surface area contributed by atoms with Crippen LogP contribution in [0, 0.1) is 10.1 Å². The first kappa shape index (κ1) is 18.9. The Morgan fingerprint density at radius 2 is 2.03 bits per heavy atom. The second-order valence-electron chi connectivity index (χ2n) is 6.66. The third kappa shape index (κ3) is 4.19. The summed E-state index contributed by atoms with van der Waals surface area (Å²) in [5.41, 5.74) is 1.62. The molecule has 3 aromatic rings. The van der Waals surface area contributed by atoms with Gasteiger partial charge < -0.3 is 19.3 Å². The van der Waals surface area contributed by atoms with Gasteiger partial charge in [0.05, 0.1) is 18.1 Å². The maximum atomic E-state index is 11.5. The van der Waals surface area contributed by atoms with E-state index >= 15 is 0 Å². The van der Waals surface area contributed by atoms with E-state index in [0.717, 1.165) is 30.8 Å². The molecule has 1 fully saturated rings. The summed E-state index contributed by atoms with van der Waals surface area (Å²) < 4.78 is 16.0. The number of hydrogen-bond donors (Lipinski definition) is 1. The third-order valence-corrected chi connectivity index (χ3v) is 4.76. The zero-order valence-electron chi connectivity index (χ0n) is 15.8. The molecule has 0 bridgehead atoms. The van der Waals surface area contributed by atoms with Gasteiger partial charge in [0.2, 0.25) is 5.82 Å². The first-order valence-corrected chi connectivity index (χ1v) is 9.26. The third-order valence-electron chi connectivity index (χ3n) is 4.76. The average molecular weight is 396 g/mol. The minimum absolute atomic E-state index is 0.0512. The molecule has 1 atom stereocenters. The lowest BCUT2D eigenvalue weighted by Gasteiger charge is -2.12. The number of ether oxygens (including phenoxy) is 2. The van der Waals surface area contributed by atoms with Crippen molar-refractivity contribution in [2.24, 2.45) is 0 Å². The highest BCUT2D eigenvalue weighted by molar-refractivity contribution is 5.70. The molecule has 29 heavy (non-hydrogen) atoms. The summed E-state index contributed by atoms with van der Waals surface area (Å²) in [6, 6.07) is 12.0. The van der Waals surface area contributed by atoms with Crippen LogP contribution >= 0.6 is 0 Å². The molecule has 1 N–H and O–H groups in total. The number of rotatable bonds is 7. The molecular weight excluding hydrogens is 376 g/mol. The Kier molecular flexibility index (Phi) is 5.39. The molecule has 1 aliphatic rings. The maximum Gasteiger partial charge on any atom is 0.293 e. The van der Waals surface area contributed by atoms with Gasteiger partial charge in [-0.15, -0.1) is 0 Å². The first-order chi connectivity index (χ1) is 14.1. The predicted octanol–water partition coefficient (Wildman–Crippen LogP) is 3.91. The van der Waals surface area contributed by atoms with Gasteiger partial charge in [-0.25, -0.2) is 0 Å². The van der Waals surface area contributed by atoms with Crippen LogP contribution in [0.3, 0.4) is 0 Å². The Labute approximate surface area is 166 Å². The molecule has 2 heterocycles. The molecule has 1 unspecified atom stereocenters. The largest absolute Gasteiger partial charge is 0.497 e. The molecule has 4 rings (SSSR count). The number of benzene rings is 2. The highest BCUT2D eigenvalue weighted by atomic mass is 16.6. The molecule has 1 saturated heterocycles. The Morgan fingerprint density at radius 3 is 2.72 bits per heavy atom. The number of nitro benzene ring substituents is 1. The minimum atomic E-state index is -0.428. The number of methoxy groups -OCH3 is 1. The Hall–Kier alpha value is -3.46. The fraction of sp³-hybridized carbons (Fsp3) is 0.300. The van der Waals surface area contributed by atoms with Gasteiger partial charge in [-0.3, -0.25) is 10.1 Å². The van der Waals surface area contributed by atoms with Gasteiger partial charge in [0.15, 0.2) is 0 Å². The summed E-state index contributed by atoms with van der Waals surface area (Å²) in [5, 5.41) is 18.6. The fourth-order valence-electron chi connectivity index (χ4n) is 3.19. The van der Waals surface area contributed by atoms with Gasteiger partial charge in [0, 0.05) is 30.3 Å².